The molecule has 1 N–H and O–H groups in total. The van der Waals surface area contributed by atoms with Crippen LogP contribution in [-0.4, -0.2) is 52.3 Å². The van der Waals surface area contributed by atoms with Crippen molar-refractivity contribution in [1.29, 1.82) is 0 Å². The van der Waals surface area contributed by atoms with Gasteiger partial charge in [0.05, 0.1) is 32.3 Å². The minimum Gasteiger partial charge on any atom is -0.373 e. The van der Waals surface area contributed by atoms with Gasteiger partial charge in [-0.15, -0.1) is 11.3 Å². The number of aromatic nitrogens is 3. The first-order chi connectivity index (χ1) is 11.7. The van der Waals surface area contributed by atoms with Crippen LogP contribution in [0.3, 0.4) is 0 Å². The predicted molar refractivity (Wildman–Crippen MR) is 87.7 cm³/mol. The van der Waals surface area contributed by atoms with E-state index in [9.17, 15) is 4.79 Å². The van der Waals surface area contributed by atoms with Crippen LogP contribution in [0, 0.1) is 6.92 Å². The van der Waals surface area contributed by atoms with Crippen LogP contribution in [-0.2, 0) is 20.7 Å². The summed E-state index contributed by atoms with van der Waals surface area (Å²) >= 11 is 1.75. The Morgan fingerprint density at radius 2 is 2.38 bits per heavy atom. The number of thiophene rings is 1. The van der Waals surface area contributed by atoms with Gasteiger partial charge in [0.1, 0.15) is 11.9 Å². The molecular formula is C16H20N4O3S. The normalized spacial score (nSPS) is 24.0. The molecule has 1 amide bonds. The van der Waals surface area contributed by atoms with Gasteiger partial charge in [-0.25, -0.2) is 4.98 Å². The van der Waals surface area contributed by atoms with Gasteiger partial charge in [0, 0.05) is 17.8 Å². The molecule has 2 atom stereocenters. The topological polar surface area (TPSA) is 80.3 Å². The number of carbonyl (C=O) groups is 1. The molecule has 0 aromatic carbocycles. The number of hydrogen-bond donors (Lipinski definition) is 1. The molecule has 0 spiro atoms. The van der Waals surface area contributed by atoms with E-state index in [0.717, 1.165) is 12.2 Å². The Hall–Kier alpha value is -1.77. The maximum Gasteiger partial charge on any atom is 0.225 e. The molecule has 2 aliphatic heterocycles. The number of hydrogen-bond acceptors (Lipinski definition) is 6. The molecule has 4 heterocycles. The van der Waals surface area contributed by atoms with E-state index in [1.54, 1.807) is 11.3 Å². The molecule has 0 unspecified atom stereocenters. The quantitative estimate of drug-likeness (QED) is 0.914. The maximum absolute atomic E-state index is 12.7. The zero-order valence-corrected chi connectivity index (χ0v) is 14.3. The lowest BCUT2D eigenvalue weighted by Gasteiger charge is -2.33. The van der Waals surface area contributed by atoms with Crippen molar-refractivity contribution < 1.29 is 14.3 Å². The number of ether oxygens (including phenoxy) is 2. The summed E-state index contributed by atoms with van der Waals surface area (Å²) in [5.74, 6) is 1.45. The first-order valence-electron chi connectivity index (χ1n) is 8.17. The Morgan fingerprint density at radius 3 is 3.21 bits per heavy atom. The summed E-state index contributed by atoms with van der Waals surface area (Å²) in [5, 5.41) is 9.05. The molecule has 2 aromatic rings. The molecule has 1 saturated heterocycles. The van der Waals surface area contributed by atoms with E-state index < -0.39 is 0 Å². The summed E-state index contributed by atoms with van der Waals surface area (Å²) in [4.78, 5) is 20.2. The number of fused-ring (bicyclic) bond motifs is 1. The third-order valence-electron chi connectivity index (χ3n) is 4.46. The van der Waals surface area contributed by atoms with Crippen LogP contribution < -0.4 is 0 Å². The van der Waals surface area contributed by atoms with Gasteiger partial charge >= 0.3 is 0 Å². The number of nitrogens with zero attached hydrogens (tertiary/aromatic N) is 3. The third kappa shape index (κ3) is 3.09. The fourth-order valence-corrected chi connectivity index (χ4v) is 4.13. The summed E-state index contributed by atoms with van der Waals surface area (Å²) in [6.45, 7) is 4.12. The summed E-state index contributed by atoms with van der Waals surface area (Å²) < 4.78 is 11.6. The van der Waals surface area contributed by atoms with Gasteiger partial charge in [-0.2, -0.15) is 5.10 Å². The molecule has 8 heteroatoms. The number of carbonyl (C=O) groups excluding carboxylic acids is 1. The molecule has 2 aliphatic rings. The smallest absolute Gasteiger partial charge is 0.225 e. The van der Waals surface area contributed by atoms with E-state index in [-0.39, 0.29) is 18.1 Å². The summed E-state index contributed by atoms with van der Waals surface area (Å²) in [6, 6.07) is 2.08. The first-order valence-corrected chi connectivity index (χ1v) is 9.05. The zero-order chi connectivity index (χ0) is 16.5. The Morgan fingerprint density at radius 1 is 1.46 bits per heavy atom. The minimum atomic E-state index is -0.267. The maximum atomic E-state index is 12.7. The number of morpholine rings is 1. The highest BCUT2D eigenvalue weighted by Crippen LogP contribution is 2.33. The Bertz CT molecular complexity index is 728. The lowest BCUT2D eigenvalue weighted by molar-refractivity contribution is -0.142. The van der Waals surface area contributed by atoms with Crippen molar-refractivity contribution >= 4 is 17.2 Å². The molecule has 2 aromatic heterocycles. The largest absolute Gasteiger partial charge is 0.373 e. The first kappa shape index (κ1) is 15.7. The number of aromatic amines is 1. The molecule has 1 fully saturated rings. The molecule has 0 saturated carbocycles. The van der Waals surface area contributed by atoms with Crippen molar-refractivity contribution in [3.8, 4) is 0 Å². The average molecular weight is 348 g/mol. The van der Waals surface area contributed by atoms with Crippen LogP contribution in [0.5, 0.6) is 0 Å². The standard InChI is InChI=1S/C16H20N4O3S/c1-10-17-16(19-18-10)13-9-20(4-6-23-13)15(21)8-12-11-3-7-24-14(11)2-5-22-12/h3,7,12-13H,2,4-6,8-9H2,1H3,(H,17,18,19)/t12-,13+/m1/s1. The molecule has 0 radical (unpaired) electrons. The molecule has 0 bridgehead atoms. The van der Waals surface area contributed by atoms with Gasteiger partial charge < -0.3 is 14.4 Å². The van der Waals surface area contributed by atoms with Crippen LogP contribution in [0.15, 0.2) is 11.4 Å². The van der Waals surface area contributed by atoms with Gasteiger partial charge in [-0.1, -0.05) is 0 Å². The molecule has 0 aliphatic carbocycles. The van der Waals surface area contributed by atoms with Crippen LogP contribution in [0.25, 0.3) is 0 Å². The van der Waals surface area contributed by atoms with Crippen molar-refractivity contribution in [3.05, 3.63) is 33.5 Å². The number of nitrogens with one attached hydrogen (secondary N) is 1. The lowest BCUT2D eigenvalue weighted by Crippen LogP contribution is -2.43. The Kier molecular flexibility index (Phi) is 4.34. The monoisotopic (exact) mass is 348 g/mol. The van der Waals surface area contributed by atoms with E-state index in [2.05, 4.69) is 26.6 Å². The highest BCUT2D eigenvalue weighted by Gasteiger charge is 2.31. The molecule has 7 nitrogen and oxygen atoms in total. The number of aryl methyl sites for hydroxylation is 1. The van der Waals surface area contributed by atoms with E-state index in [0.29, 0.717) is 38.5 Å². The second kappa shape index (κ2) is 6.62. The average Bonchev–Trinajstić information content (AvgIpc) is 3.24. The Labute approximate surface area is 144 Å². The molecule has 4 rings (SSSR count). The number of H-pyrrole nitrogens is 1. The van der Waals surface area contributed by atoms with Crippen molar-refractivity contribution in [2.24, 2.45) is 0 Å². The van der Waals surface area contributed by atoms with Crippen LogP contribution in [0.4, 0.5) is 0 Å². The molecule has 128 valence electrons. The van der Waals surface area contributed by atoms with E-state index in [1.807, 2.05) is 11.8 Å². The van der Waals surface area contributed by atoms with Gasteiger partial charge in [0.25, 0.3) is 0 Å². The second-order valence-corrected chi connectivity index (χ2v) is 7.09. The van der Waals surface area contributed by atoms with Gasteiger partial charge in [0.15, 0.2) is 5.82 Å². The SMILES string of the molecule is Cc1nc([C@@H]2CN(C(=O)C[C@H]3OCCc4sccc43)CCO2)n[nH]1. The van der Waals surface area contributed by atoms with Crippen LogP contribution >= 0.6 is 11.3 Å². The summed E-state index contributed by atoms with van der Waals surface area (Å²) in [7, 11) is 0. The zero-order valence-electron chi connectivity index (χ0n) is 13.5. The fraction of sp³-hybridized carbons (Fsp3) is 0.562. The number of amides is 1. The second-order valence-electron chi connectivity index (χ2n) is 6.09. The van der Waals surface area contributed by atoms with E-state index in [4.69, 9.17) is 9.47 Å². The predicted octanol–water partition coefficient (Wildman–Crippen LogP) is 1.78. The van der Waals surface area contributed by atoms with Crippen LogP contribution in [0.2, 0.25) is 0 Å². The van der Waals surface area contributed by atoms with Gasteiger partial charge in [-0.05, 0) is 23.9 Å². The summed E-state index contributed by atoms with van der Waals surface area (Å²) in [6.07, 6.45) is 0.932. The molecule has 24 heavy (non-hydrogen) atoms. The minimum absolute atomic E-state index is 0.0969. The molecular weight excluding hydrogens is 328 g/mol. The lowest BCUT2D eigenvalue weighted by atomic mass is 10.0. The van der Waals surface area contributed by atoms with E-state index in [1.165, 1.54) is 10.4 Å². The van der Waals surface area contributed by atoms with Crippen molar-refractivity contribution in [2.75, 3.05) is 26.3 Å². The Balaban J connectivity index is 1.42. The highest BCUT2D eigenvalue weighted by atomic mass is 32.1. The van der Waals surface area contributed by atoms with Crippen molar-refractivity contribution in [2.45, 2.75) is 32.0 Å². The van der Waals surface area contributed by atoms with Gasteiger partial charge in [-0.3, -0.25) is 9.89 Å². The van der Waals surface area contributed by atoms with Crippen molar-refractivity contribution in [3.63, 3.8) is 0 Å². The summed E-state index contributed by atoms with van der Waals surface area (Å²) in [5.41, 5.74) is 1.18. The van der Waals surface area contributed by atoms with E-state index >= 15 is 0 Å². The van der Waals surface area contributed by atoms with Crippen LogP contribution in [0.1, 0.15) is 40.7 Å². The fourth-order valence-electron chi connectivity index (χ4n) is 3.22. The highest BCUT2D eigenvalue weighted by molar-refractivity contribution is 7.10. The van der Waals surface area contributed by atoms with Crippen molar-refractivity contribution in [1.82, 2.24) is 20.1 Å². The van der Waals surface area contributed by atoms with Gasteiger partial charge in [0.2, 0.25) is 5.91 Å². The third-order valence-corrected chi connectivity index (χ3v) is 5.45. The number of rotatable bonds is 3.